The molecule has 2 rings (SSSR count). The third kappa shape index (κ3) is 2.38. The Bertz CT molecular complexity index is 429. The number of hydrogen-bond acceptors (Lipinski definition) is 5. The molecule has 2 atom stereocenters. The van der Waals surface area contributed by atoms with E-state index in [4.69, 9.17) is 10.5 Å². The molecule has 1 aliphatic heterocycles. The van der Waals surface area contributed by atoms with Gasteiger partial charge >= 0.3 is 11.8 Å². The summed E-state index contributed by atoms with van der Waals surface area (Å²) in [6.07, 6.45) is 2.06. The fourth-order valence-corrected chi connectivity index (χ4v) is 1.95. The molecule has 0 fully saturated rings. The van der Waals surface area contributed by atoms with Crippen LogP contribution in [-0.2, 0) is 6.54 Å². The van der Waals surface area contributed by atoms with E-state index in [1.54, 1.807) is 4.57 Å². The van der Waals surface area contributed by atoms with Crippen molar-refractivity contribution in [2.24, 2.45) is 11.7 Å². The van der Waals surface area contributed by atoms with Crippen molar-refractivity contribution in [1.82, 2.24) is 9.55 Å². The fourth-order valence-electron chi connectivity index (χ4n) is 1.95. The zero-order valence-corrected chi connectivity index (χ0v) is 9.87. The van der Waals surface area contributed by atoms with Gasteiger partial charge in [-0.2, -0.15) is 0 Å². The van der Waals surface area contributed by atoms with E-state index in [2.05, 4.69) is 18.8 Å². The molecule has 0 spiro atoms. The maximum Gasteiger partial charge on any atom is 0.414 e. The van der Waals surface area contributed by atoms with Crippen molar-refractivity contribution >= 4 is 5.82 Å². The zero-order chi connectivity index (χ0) is 12.6. The van der Waals surface area contributed by atoms with E-state index in [-0.39, 0.29) is 18.0 Å². The standard InChI is InChI=1S/C10H16N4O3/c1-6(2)3-8-7(11)4-13-5-9(14(15)16)12-10(13)17-8/h5-8H,3-4,11H2,1-2H3/t7-,8-/m0/s1. The smallest absolute Gasteiger partial charge is 0.414 e. The van der Waals surface area contributed by atoms with Crippen molar-refractivity contribution < 1.29 is 9.66 Å². The summed E-state index contributed by atoms with van der Waals surface area (Å²) in [4.78, 5) is 13.9. The van der Waals surface area contributed by atoms with E-state index >= 15 is 0 Å². The van der Waals surface area contributed by atoms with E-state index in [1.165, 1.54) is 6.20 Å². The third-order valence-corrected chi connectivity index (χ3v) is 2.76. The van der Waals surface area contributed by atoms with E-state index in [9.17, 15) is 10.1 Å². The molecule has 17 heavy (non-hydrogen) atoms. The molecule has 0 unspecified atom stereocenters. The van der Waals surface area contributed by atoms with Crippen LogP contribution in [-0.4, -0.2) is 26.6 Å². The molecular weight excluding hydrogens is 224 g/mol. The molecule has 0 radical (unpaired) electrons. The minimum atomic E-state index is -0.530. The first-order chi connectivity index (χ1) is 7.97. The Kier molecular flexibility index (Phi) is 3.01. The number of fused-ring (bicyclic) bond motifs is 1. The van der Waals surface area contributed by atoms with Crippen LogP contribution in [0.3, 0.4) is 0 Å². The Morgan fingerprint density at radius 1 is 1.76 bits per heavy atom. The second-order valence-corrected chi connectivity index (χ2v) is 4.74. The minimum Gasteiger partial charge on any atom is -0.441 e. The topological polar surface area (TPSA) is 96.2 Å². The molecule has 1 aromatic heterocycles. The van der Waals surface area contributed by atoms with Crippen molar-refractivity contribution in [3.05, 3.63) is 16.3 Å². The van der Waals surface area contributed by atoms with Crippen LogP contribution in [0.25, 0.3) is 0 Å². The van der Waals surface area contributed by atoms with Gasteiger partial charge in [0.25, 0.3) is 0 Å². The average Bonchev–Trinajstić information content (AvgIpc) is 2.60. The number of nitrogens with two attached hydrogens (primary N) is 1. The number of aromatic nitrogens is 2. The highest BCUT2D eigenvalue weighted by Crippen LogP contribution is 2.26. The Hall–Kier alpha value is -1.63. The molecule has 0 bridgehead atoms. The number of ether oxygens (including phenoxy) is 1. The lowest BCUT2D eigenvalue weighted by atomic mass is 10.00. The summed E-state index contributed by atoms with van der Waals surface area (Å²) in [6.45, 7) is 4.67. The van der Waals surface area contributed by atoms with E-state index in [0.29, 0.717) is 18.5 Å². The summed E-state index contributed by atoms with van der Waals surface area (Å²) >= 11 is 0. The van der Waals surface area contributed by atoms with Crippen molar-refractivity contribution in [2.75, 3.05) is 0 Å². The molecule has 0 saturated heterocycles. The second-order valence-electron chi connectivity index (χ2n) is 4.74. The summed E-state index contributed by atoms with van der Waals surface area (Å²) in [5.41, 5.74) is 5.98. The first kappa shape index (κ1) is 11.8. The quantitative estimate of drug-likeness (QED) is 0.626. The van der Waals surface area contributed by atoms with Crippen LogP contribution in [0.15, 0.2) is 6.20 Å². The molecule has 1 aliphatic rings. The molecule has 94 valence electrons. The normalized spacial score (nSPS) is 23.3. The van der Waals surface area contributed by atoms with Gasteiger partial charge in [-0.25, -0.2) is 0 Å². The highest BCUT2D eigenvalue weighted by molar-refractivity contribution is 5.22. The van der Waals surface area contributed by atoms with Crippen LogP contribution in [0.5, 0.6) is 6.01 Å². The number of nitro groups is 1. The maximum atomic E-state index is 10.6. The van der Waals surface area contributed by atoms with Gasteiger partial charge in [0.05, 0.1) is 6.04 Å². The van der Waals surface area contributed by atoms with Gasteiger partial charge in [-0.3, -0.25) is 4.57 Å². The van der Waals surface area contributed by atoms with Crippen LogP contribution >= 0.6 is 0 Å². The van der Waals surface area contributed by atoms with E-state index in [1.807, 2.05) is 0 Å². The molecule has 0 aromatic carbocycles. The van der Waals surface area contributed by atoms with Gasteiger partial charge in [0.1, 0.15) is 12.3 Å². The largest absolute Gasteiger partial charge is 0.441 e. The summed E-state index contributed by atoms with van der Waals surface area (Å²) in [5.74, 6) is 0.264. The van der Waals surface area contributed by atoms with Gasteiger partial charge in [-0.05, 0) is 17.3 Å². The second kappa shape index (κ2) is 4.33. The monoisotopic (exact) mass is 240 g/mol. The number of hydrogen-bond donors (Lipinski definition) is 1. The number of nitrogens with zero attached hydrogens (tertiary/aromatic N) is 3. The van der Waals surface area contributed by atoms with Crippen molar-refractivity contribution in [1.29, 1.82) is 0 Å². The van der Waals surface area contributed by atoms with Gasteiger partial charge in [-0.15, -0.1) is 0 Å². The van der Waals surface area contributed by atoms with Crippen LogP contribution in [0.2, 0.25) is 0 Å². The van der Waals surface area contributed by atoms with Gasteiger partial charge < -0.3 is 20.6 Å². The van der Waals surface area contributed by atoms with Crippen LogP contribution in [0.4, 0.5) is 5.82 Å². The Morgan fingerprint density at radius 3 is 3.06 bits per heavy atom. The Labute approximate surface area is 98.7 Å². The van der Waals surface area contributed by atoms with Crippen LogP contribution < -0.4 is 10.5 Å². The molecule has 0 saturated carbocycles. The molecule has 2 N–H and O–H groups in total. The minimum absolute atomic E-state index is 0.121. The van der Waals surface area contributed by atoms with E-state index < -0.39 is 4.92 Å². The van der Waals surface area contributed by atoms with E-state index in [0.717, 1.165) is 6.42 Å². The highest BCUT2D eigenvalue weighted by Gasteiger charge is 2.33. The summed E-state index contributed by atoms with van der Waals surface area (Å²) in [6, 6.07) is 0.141. The summed E-state index contributed by atoms with van der Waals surface area (Å²) in [5, 5.41) is 10.6. The molecule has 7 nitrogen and oxygen atoms in total. The fraction of sp³-hybridized carbons (Fsp3) is 0.700. The Balaban J connectivity index is 2.19. The van der Waals surface area contributed by atoms with Crippen molar-refractivity contribution in [3.63, 3.8) is 0 Å². The molecular formula is C10H16N4O3. The molecule has 0 amide bonds. The lowest BCUT2D eigenvalue weighted by Gasteiger charge is -2.29. The summed E-state index contributed by atoms with van der Waals surface area (Å²) in [7, 11) is 0. The zero-order valence-electron chi connectivity index (χ0n) is 9.87. The lowest BCUT2D eigenvalue weighted by Crippen LogP contribution is -2.46. The average molecular weight is 240 g/mol. The first-order valence-electron chi connectivity index (χ1n) is 5.61. The van der Waals surface area contributed by atoms with Crippen molar-refractivity contribution in [3.8, 4) is 6.01 Å². The van der Waals surface area contributed by atoms with Crippen LogP contribution in [0, 0.1) is 16.0 Å². The number of rotatable bonds is 3. The third-order valence-electron chi connectivity index (χ3n) is 2.76. The molecule has 2 heterocycles. The van der Waals surface area contributed by atoms with Gasteiger partial charge in [0, 0.05) is 11.5 Å². The van der Waals surface area contributed by atoms with Crippen molar-refractivity contribution in [2.45, 2.75) is 39.0 Å². The highest BCUT2D eigenvalue weighted by atomic mass is 16.6. The lowest BCUT2D eigenvalue weighted by molar-refractivity contribution is -0.389. The maximum absolute atomic E-state index is 10.6. The molecule has 7 heteroatoms. The van der Waals surface area contributed by atoms with Crippen LogP contribution in [0.1, 0.15) is 20.3 Å². The number of imidazole rings is 1. The predicted molar refractivity (Wildman–Crippen MR) is 60.7 cm³/mol. The predicted octanol–water partition coefficient (Wildman–Crippen LogP) is 0.926. The molecule has 0 aliphatic carbocycles. The Morgan fingerprint density at radius 2 is 2.47 bits per heavy atom. The van der Waals surface area contributed by atoms with Gasteiger partial charge in [-0.1, -0.05) is 13.8 Å². The van der Waals surface area contributed by atoms with Gasteiger partial charge in [0.15, 0.2) is 0 Å². The summed E-state index contributed by atoms with van der Waals surface area (Å²) < 4.78 is 7.21. The first-order valence-corrected chi connectivity index (χ1v) is 5.61. The molecule has 1 aromatic rings. The SMILES string of the molecule is CC(C)C[C@@H]1Oc2nc([N+](=O)[O-])cn2C[C@@H]1N. The van der Waals surface area contributed by atoms with Gasteiger partial charge in [0.2, 0.25) is 0 Å².